The van der Waals surface area contributed by atoms with E-state index >= 15 is 0 Å². The topological polar surface area (TPSA) is 101 Å². The minimum Gasteiger partial charge on any atom is -0.325 e. The van der Waals surface area contributed by atoms with Crippen LogP contribution >= 0.6 is 11.8 Å². The number of halogens is 2. The minimum absolute atomic E-state index is 0.0165. The van der Waals surface area contributed by atoms with Gasteiger partial charge in [-0.15, -0.1) is 0 Å². The Bertz CT molecular complexity index is 1690. The molecule has 0 aliphatic heterocycles. The van der Waals surface area contributed by atoms with Gasteiger partial charge in [-0.05, 0) is 48.9 Å². The number of thioether (sulfide) groups is 1. The van der Waals surface area contributed by atoms with Crippen molar-refractivity contribution < 1.29 is 22.0 Å². The third-order valence-electron chi connectivity index (χ3n) is 5.49. The van der Waals surface area contributed by atoms with Gasteiger partial charge in [0, 0.05) is 25.8 Å². The molecule has 4 aromatic rings. The van der Waals surface area contributed by atoms with Gasteiger partial charge in [-0.25, -0.2) is 26.5 Å². The first kappa shape index (κ1) is 26.5. The Morgan fingerprint density at radius 3 is 2.51 bits per heavy atom. The predicted octanol–water partition coefficient (Wildman–Crippen LogP) is 3.95. The summed E-state index contributed by atoms with van der Waals surface area (Å²) in [5, 5.41) is 2.94. The van der Waals surface area contributed by atoms with Crippen LogP contribution in [0.1, 0.15) is 5.56 Å². The number of aromatic nitrogens is 2. The molecule has 0 saturated heterocycles. The number of para-hydroxylation sites is 1. The first-order valence-corrected chi connectivity index (χ1v) is 13.3. The number of sulfonamides is 1. The standard InChI is InChI=1S/C25H22F2N4O4S2/c1-15-8-10-17(37(34,35)30(2)3)13-21(15)28-23(32)14-36-25-29-20-7-5-4-6-18(20)24(33)31(25)22-11-9-16(26)12-19(22)27/h4-13H,14H2,1-3H3,(H,28,32). The molecule has 8 nitrogen and oxygen atoms in total. The molecule has 37 heavy (non-hydrogen) atoms. The van der Waals surface area contributed by atoms with E-state index in [9.17, 15) is 26.8 Å². The number of nitrogens with one attached hydrogen (secondary N) is 1. The Labute approximate surface area is 216 Å². The lowest BCUT2D eigenvalue weighted by atomic mass is 10.2. The Morgan fingerprint density at radius 1 is 1.08 bits per heavy atom. The highest BCUT2D eigenvalue weighted by Gasteiger charge is 2.20. The van der Waals surface area contributed by atoms with E-state index in [4.69, 9.17) is 0 Å². The van der Waals surface area contributed by atoms with Crippen molar-refractivity contribution in [2.24, 2.45) is 0 Å². The fraction of sp³-hybridized carbons (Fsp3) is 0.160. The molecular weight excluding hydrogens is 522 g/mol. The highest BCUT2D eigenvalue weighted by molar-refractivity contribution is 7.99. The van der Waals surface area contributed by atoms with E-state index in [0.29, 0.717) is 22.8 Å². The SMILES string of the molecule is Cc1ccc(S(=O)(=O)N(C)C)cc1NC(=O)CSc1nc2ccccc2c(=O)n1-c1ccc(F)cc1F. The molecule has 3 aromatic carbocycles. The molecule has 0 saturated carbocycles. The lowest BCUT2D eigenvalue weighted by Crippen LogP contribution is -2.24. The van der Waals surface area contributed by atoms with E-state index in [-0.39, 0.29) is 26.9 Å². The van der Waals surface area contributed by atoms with Crippen LogP contribution < -0.4 is 10.9 Å². The first-order valence-electron chi connectivity index (χ1n) is 10.9. The predicted molar refractivity (Wildman–Crippen MR) is 139 cm³/mol. The van der Waals surface area contributed by atoms with Gasteiger partial charge in [0.2, 0.25) is 15.9 Å². The summed E-state index contributed by atoms with van der Waals surface area (Å²) in [6.07, 6.45) is 0. The van der Waals surface area contributed by atoms with Gasteiger partial charge in [-0.1, -0.05) is 30.0 Å². The number of anilines is 1. The van der Waals surface area contributed by atoms with Gasteiger partial charge >= 0.3 is 0 Å². The number of aryl methyl sites for hydroxylation is 1. The summed E-state index contributed by atoms with van der Waals surface area (Å²) in [5.41, 5.74) is 0.528. The summed E-state index contributed by atoms with van der Waals surface area (Å²) < 4.78 is 55.2. The second kappa shape index (κ2) is 10.4. The molecule has 192 valence electrons. The van der Waals surface area contributed by atoms with Crippen LogP contribution in [0.3, 0.4) is 0 Å². The van der Waals surface area contributed by atoms with Crippen molar-refractivity contribution in [1.82, 2.24) is 13.9 Å². The third kappa shape index (κ3) is 5.41. The number of carbonyl (C=O) groups excluding carboxylic acids is 1. The maximum Gasteiger partial charge on any atom is 0.266 e. The maximum absolute atomic E-state index is 14.6. The number of benzene rings is 3. The van der Waals surface area contributed by atoms with E-state index < -0.39 is 33.1 Å². The van der Waals surface area contributed by atoms with Gasteiger partial charge in [0.1, 0.15) is 11.6 Å². The Morgan fingerprint density at radius 2 is 1.81 bits per heavy atom. The summed E-state index contributed by atoms with van der Waals surface area (Å²) in [7, 11) is -0.896. The smallest absolute Gasteiger partial charge is 0.266 e. The molecule has 0 bridgehead atoms. The Balaban J connectivity index is 1.66. The van der Waals surface area contributed by atoms with E-state index in [2.05, 4.69) is 10.3 Å². The maximum atomic E-state index is 14.6. The summed E-state index contributed by atoms with van der Waals surface area (Å²) in [6.45, 7) is 1.72. The molecule has 1 aromatic heterocycles. The zero-order valence-corrected chi connectivity index (χ0v) is 21.7. The number of carbonyl (C=O) groups is 1. The van der Waals surface area contributed by atoms with Gasteiger partial charge in [-0.2, -0.15) is 0 Å². The molecule has 12 heteroatoms. The molecule has 4 rings (SSSR count). The molecule has 0 aliphatic carbocycles. The minimum atomic E-state index is -3.71. The molecule has 0 spiro atoms. The van der Waals surface area contributed by atoms with Crippen LogP contribution in [0.2, 0.25) is 0 Å². The summed E-state index contributed by atoms with van der Waals surface area (Å²) >= 11 is 0.885. The quantitative estimate of drug-likeness (QED) is 0.279. The summed E-state index contributed by atoms with van der Waals surface area (Å²) in [4.78, 5) is 30.5. The molecule has 1 N–H and O–H groups in total. The van der Waals surface area contributed by atoms with Crippen molar-refractivity contribution in [3.63, 3.8) is 0 Å². The van der Waals surface area contributed by atoms with E-state index in [0.717, 1.165) is 32.8 Å². The van der Waals surface area contributed by atoms with Crippen LogP contribution in [0.4, 0.5) is 14.5 Å². The van der Waals surface area contributed by atoms with Crippen LogP contribution in [0.5, 0.6) is 0 Å². The summed E-state index contributed by atoms with van der Waals surface area (Å²) in [6, 6.07) is 13.7. The molecular formula is C25H22F2N4O4S2. The van der Waals surface area contributed by atoms with Crippen molar-refractivity contribution in [2.45, 2.75) is 17.0 Å². The molecule has 1 heterocycles. The van der Waals surface area contributed by atoms with Crippen molar-refractivity contribution >= 4 is 44.3 Å². The second-order valence-corrected chi connectivity index (χ2v) is 11.3. The second-order valence-electron chi connectivity index (χ2n) is 8.25. The molecule has 0 aliphatic rings. The van der Waals surface area contributed by atoms with Crippen LogP contribution in [0, 0.1) is 18.6 Å². The third-order valence-corrected chi connectivity index (χ3v) is 8.24. The van der Waals surface area contributed by atoms with E-state index in [1.807, 2.05) is 0 Å². The van der Waals surface area contributed by atoms with Gasteiger partial charge in [-0.3, -0.25) is 14.2 Å². The monoisotopic (exact) mass is 544 g/mol. The van der Waals surface area contributed by atoms with Crippen molar-refractivity contribution in [1.29, 1.82) is 0 Å². The fourth-order valence-corrected chi connectivity index (χ4v) is 5.24. The highest BCUT2D eigenvalue weighted by atomic mass is 32.2. The van der Waals surface area contributed by atoms with E-state index in [1.54, 1.807) is 37.3 Å². The number of nitrogens with zero attached hydrogens (tertiary/aromatic N) is 3. The number of fused-ring (bicyclic) bond motifs is 1. The van der Waals surface area contributed by atoms with Crippen molar-refractivity contribution in [3.05, 3.63) is 88.2 Å². The Kier molecular flexibility index (Phi) is 7.44. The number of rotatable bonds is 7. The zero-order chi connectivity index (χ0) is 26.9. The number of hydrogen-bond acceptors (Lipinski definition) is 6. The van der Waals surface area contributed by atoms with Gasteiger partial charge in [0.15, 0.2) is 5.16 Å². The van der Waals surface area contributed by atoms with Crippen molar-refractivity contribution in [2.75, 3.05) is 25.2 Å². The zero-order valence-electron chi connectivity index (χ0n) is 20.0. The van der Waals surface area contributed by atoms with Gasteiger partial charge < -0.3 is 5.32 Å². The van der Waals surface area contributed by atoms with Crippen LogP contribution in [0.25, 0.3) is 16.6 Å². The number of hydrogen-bond donors (Lipinski definition) is 1. The first-order chi connectivity index (χ1) is 17.5. The van der Waals surface area contributed by atoms with Gasteiger partial charge in [0.25, 0.3) is 5.56 Å². The highest BCUT2D eigenvalue weighted by Crippen LogP contribution is 2.25. The average molecular weight is 545 g/mol. The van der Waals surface area contributed by atoms with Crippen LogP contribution in [-0.4, -0.2) is 48.0 Å². The molecule has 0 fully saturated rings. The normalized spacial score (nSPS) is 11.7. The average Bonchev–Trinajstić information content (AvgIpc) is 2.85. The largest absolute Gasteiger partial charge is 0.325 e. The number of amides is 1. The molecule has 0 atom stereocenters. The Hall–Kier alpha value is -3.61. The van der Waals surface area contributed by atoms with Crippen molar-refractivity contribution in [3.8, 4) is 5.69 Å². The van der Waals surface area contributed by atoms with Crippen LogP contribution in [-0.2, 0) is 14.8 Å². The fourth-order valence-electron chi connectivity index (χ4n) is 3.51. The molecule has 0 unspecified atom stereocenters. The lowest BCUT2D eigenvalue weighted by Gasteiger charge is -2.15. The van der Waals surface area contributed by atoms with Crippen LogP contribution in [0.15, 0.2) is 75.5 Å². The van der Waals surface area contributed by atoms with E-state index in [1.165, 1.54) is 26.2 Å². The summed E-state index contributed by atoms with van der Waals surface area (Å²) in [5.74, 6) is -2.48. The lowest BCUT2D eigenvalue weighted by molar-refractivity contribution is -0.113. The molecule has 0 radical (unpaired) electrons. The molecule has 1 amide bonds. The van der Waals surface area contributed by atoms with Gasteiger partial charge in [0.05, 0.1) is 27.2 Å².